The number of aromatic nitrogens is 1. The first kappa shape index (κ1) is 31.8. The van der Waals surface area contributed by atoms with Crippen LogP contribution < -0.4 is 20.7 Å². The molecule has 8 nitrogen and oxygen atoms in total. The van der Waals surface area contributed by atoms with E-state index in [9.17, 15) is 35.9 Å². The number of pyridine rings is 1. The number of hydrogen-bond acceptors (Lipinski definition) is 6. The maximum atomic E-state index is 13.7. The van der Waals surface area contributed by atoms with Gasteiger partial charge < -0.3 is 20.7 Å². The summed E-state index contributed by atoms with van der Waals surface area (Å²) in [7, 11) is 0. The third-order valence-electron chi connectivity index (χ3n) is 9.43. The van der Waals surface area contributed by atoms with Gasteiger partial charge in [0, 0.05) is 17.6 Å². The van der Waals surface area contributed by atoms with Crippen LogP contribution in [0, 0.1) is 5.41 Å². The van der Waals surface area contributed by atoms with Crippen LogP contribution in [0.25, 0.3) is 0 Å². The minimum Gasteiger partial charge on any atom is -0.482 e. The third kappa shape index (κ3) is 7.55. The van der Waals surface area contributed by atoms with Gasteiger partial charge >= 0.3 is 12.5 Å². The molecule has 0 aromatic carbocycles. The molecule has 4 saturated carbocycles. The van der Waals surface area contributed by atoms with Gasteiger partial charge in [-0.1, -0.05) is 44.9 Å². The van der Waals surface area contributed by atoms with Gasteiger partial charge in [-0.2, -0.15) is 13.2 Å². The molecule has 0 radical (unpaired) electrons. The van der Waals surface area contributed by atoms with Gasteiger partial charge in [0.15, 0.2) is 6.61 Å². The fourth-order valence-corrected chi connectivity index (χ4v) is 7.71. The molecule has 5 aliphatic rings. The van der Waals surface area contributed by atoms with Crippen molar-refractivity contribution in [2.45, 2.75) is 119 Å². The van der Waals surface area contributed by atoms with E-state index in [4.69, 9.17) is 4.74 Å². The molecule has 43 heavy (non-hydrogen) atoms. The highest BCUT2D eigenvalue weighted by Gasteiger charge is 2.69. The number of piperidine rings is 1. The molecule has 3 N–H and O–H groups in total. The number of ether oxygens (including phenoxy) is 2. The number of nitrogens with zero attached hydrogens (tertiary/aromatic N) is 1. The van der Waals surface area contributed by atoms with Crippen LogP contribution in [0.1, 0.15) is 89.2 Å². The van der Waals surface area contributed by atoms with Crippen molar-refractivity contribution in [3.05, 3.63) is 24.0 Å². The summed E-state index contributed by atoms with van der Waals surface area (Å²) in [6, 6.07) is 1.23. The summed E-state index contributed by atoms with van der Waals surface area (Å²) in [4.78, 5) is 29.5. The zero-order valence-electron chi connectivity index (χ0n) is 23.8. The second-order valence-electron chi connectivity index (χ2n) is 12.9. The second kappa shape index (κ2) is 12.1. The Morgan fingerprint density at radius 2 is 1.51 bits per heavy atom. The van der Waals surface area contributed by atoms with Gasteiger partial charge in [-0.25, -0.2) is 4.98 Å². The molecule has 14 heteroatoms. The molecule has 240 valence electrons. The Labute approximate surface area is 246 Å². The van der Waals surface area contributed by atoms with Crippen LogP contribution in [0.15, 0.2) is 18.3 Å². The number of alkyl halides is 6. The number of amides is 2. The van der Waals surface area contributed by atoms with Gasteiger partial charge in [-0.15, -0.1) is 13.2 Å². The minimum atomic E-state index is -4.75. The molecule has 1 aromatic rings. The molecule has 1 aliphatic heterocycles. The Kier molecular flexibility index (Phi) is 8.92. The zero-order chi connectivity index (χ0) is 30.9. The lowest BCUT2D eigenvalue weighted by atomic mass is 9.44. The van der Waals surface area contributed by atoms with Crippen LogP contribution in [0.3, 0.4) is 0 Å². The Morgan fingerprint density at radius 1 is 0.907 bits per heavy atom. The number of hydrogen-bond donors (Lipinski definition) is 3. The molecule has 2 heterocycles. The van der Waals surface area contributed by atoms with Crippen molar-refractivity contribution in [3.63, 3.8) is 0 Å². The smallest absolute Gasteiger partial charge is 0.482 e. The molecule has 1 aromatic heterocycles. The van der Waals surface area contributed by atoms with Gasteiger partial charge in [0.05, 0.1) is 18.3 Å². The minimum absolute atomic E-state index is 0.0294. The van der Waals surface area contributed by atoms with E-state index >= 15 is 0 Å². The maximum absolute atomic E-state index is 13.7. The summed E-state index contributed by atoms with van der Waals surface area (Å²) in [5, 5.41) is 9.17. The Morgan fingerprint density at radius 3 is 2.07 bits per heavy atom. The predicted octanol–water partition coefficient (Wildman–Crippen LogP) is 5.16. The third-order valence-corrected chi connectivity index (χ3v) is 9.43. The summed E-state index contributed by atoms with van der Waals surface area (Å²) in [5.41, 5.74) is -2.68. The number of rotatable bonds is 7. The average molecular weight is 621 g/mol. The molecule has 4 aliphatic carbocycles. The first-order valence-corrected chi connectivity index (χ1v) is 15.0. The number of nitrogens with one attached hydrogen (secondary N) is 3. The molecule has 2 bridgehead atoms. The van der Waals surface area contributed by atoms with E-state index in [-0.39, 0.29) is 24.6 Å². The summed E-state index contributed by atoms with van der Waals surface area (Å²) in [6.07, 6.45) is 0.476. The van der Waals surface area contributed by atoms with Crippen molar-refractivity contribution in [2.24, 2.45) is 5.41 Å². The molecule has 5 fully saturated rings. The van der Waals surface area contributed by atoms with Gasteiger partial charge in [-0.05, 0) is 56.1 Å². The van der Waals surface area contributed by atoms with E-state index in [1.54, 1.807) is 0 Å². The summed E-state index contributed by atoms with van der Waals surface area (Å²) in [5.74, 6) is -0.633. The predicted molar refractivity (Wildman–Crippen MR) is 142 cm³/mol. The molecular formula is C29H38F6N4O4. The molecule has 2 amide bonds. The fourth-order valence-electron chi connectivity index (χ4n) is 7.71. The standard InChI is InChI=1S/C29H38F6N4O4/c30-28(31,32)21-9-8-19(13-36-21)42-15-22(40)38-26-16-27(17-26,18-26)39-24(41)23-25(10-6-4-2-1-3-5-7-11-25)12-20(14-37-23)43-29(33,34)35/h8-9,13,20,23,37H,1-7,10-12,14-18H2,(H,38,40)(H,39,41). The molecule has 1 spiro atoms. The Balaban J connectivity index is 1.14. The molecular weight excluding hydrogens is 582 g/mol. The average Bonchev–Trinajstić information content (AvgIpc) is 2.88. The highest BCUT2D eigenvalue weighted by Crippen LogP contribution is 2.60. The molecule has 6 rings (SSSR count). The van der Waals surface area contributed by atoms with Gasteiger partial charge in [0.25, 0.3) is 5.91 Å². The quantitative estimate of drug-likeness (QED) is 0.364. The van der Waals surface area contributed by atoms with Crippen LogP contribution in [0.4, 0.5) is 26.3 Å². The van der Waals surface area contributed by atoms with Crippen LogP contribution in [0.2, 0.25) is 0 Å². The largest absolute Gasteiger partial charge is 0.522 e. The van der Waals surface area contributed by atoms with Gasteiger partial charge in [0.1, 0.15) is 11.4 Å². The van der Waals surface area contributed by atoms with Gasteiger partial charge in [0.2, 0.25) is 5.91 Å². The second-order valence-corrected chi connectivity index (χ2v) is 12.9. The lowest BCUT2D eigenvalue weighted by molar-refractivity contribution is -0.347. The monoisotopic (exact) mass is 620 g/mol. The van der Waals surface area contributed by atoms with E-state index in [0.29, 0.717) is 32.1 Å². The van der Waals surface area contributed by atoms with Crippen molar-refractivity contribution in [1.29, 1.82) is 0 Å². The maximum Gasteiger partial charge on any atom is 0.522 e. The number of carbonyl (C=O) groups is 2. The van der Waals surface area contributed by atoms with Crippen molar-refractivity contribution in [1.82, 2.24) is 20.9 Å². The summed E-state index contributed by atoms with van der Waals surface area (Å²) < 4.78 is 87.0. The van der Waals surface area contributed by atoms with Gasteiger partial charge in [-0.3, -0.25) is 14.3 Å². The molecule has 1 saturated heterocycles. The molecule has 2 atom stereocenters. The van der Waals surface area contributed by atoms with Crippen LogP contribution in [-0.2, 0) is 20.5 Å². The van der Waals surface area contributed by atoms with E-state index in [1.807, 2.05) is 0 Å². The summed E-state index contributed by atoms with van der Waals surface area (Å²) in [6.45, 7) is -0.468. The normalized spacial score (nSPS) is 30.8. The topological polar surface area (TPSA) is 102 Å². The Hall–Kier alpha value is -2.61. The number of halogens is 6. The van der Waals surface area contributed by atoms with E-state index in [2.05, 4.69) is 25.7 Å². The number of carbonyl (C=O) groups excluding carboxylic acids is 2. The van der Waals surface area contributed by atoms with E-state index in [0.717, 1.165) is 63.3 Å². The van der Waals surface area contributed by atoms with E-state index in [1.165, 1.54) is 0 Å². The van der Waals surface area contributed by atoms with Crippen molar-refractivity contribution < 1.29 is 45.4 Å². The first-order chi connectivity index (χ1) is 20.2. The highest BCUT2D eigenvalue weighted by atomic mass is 19.4. The summed E-state index contributed by atoms with van der Waals surface area (Å²) >= 11 is 0. The molecule has 2 unspecified atom stereocenters. The van der Waals surface area contributed by atoms with Crippen LogP contribution >= 0.6 is 0 Å². The SMILES string of the molecule is O=C(COc1ccc(C(F)(F)F)nc1)NC12CC(NC(=O)C3NCC(OC(F)(F)F)CC34CCCCCCCCC4)(C1)C2. The van der Waals surface area contributed by atoms with Crippen molar-refractivity contribution in [2.75, 3.05) is 13.2 Å². The lowest BCUT2D eigenvalue weighted by Gasteiger charge is -2.70. The zero-order valence-corrected chi connectivity index (χ0v) is 23.8. The Bertz CT molecular complexity index is 1130. The van der Waals surface area contributed by atoms with Crippen molar-refractivity contribution in [3.8, 4) is 5.75 Å². The lowest BCUT2D eigenvalue weighted by Crippen LogP contribution is -2.84. The highest BCUT2D eigenvalue weighted by molar-refractivity contribution is 5.85. The van der Waals surface area contributed by atoms with Crippen LogP contribution in [0.5, 0.6) is 5.75 Å². The van der Waals surface area contributed by atoms with Crippen molar-refractivity contribution >= 4 is 11.8 Å². The first-order valence-electron chi connectivity index (χ1n) is 15.0. The fraction of sp³-hybridized carbons (Fsp3) is 0.759. The van der Waals surface area contributed by atoms with Crippen LogP contribution in [-0.4, -0.2) is 59.5 Å². The van der Waals surface area contributed by atoms with E-state index < -0.39 is 59.4 Å².